The second kappa shape index (κ2) is 18.9. The van der Waals surface area contributed by atoms with Crippen molar-refractivity contribution < 1.29 is 14.3 Å². The molecule has 0 heterocycles. The maximum atomic E-state index is 12.6. The van der Waals surface area contributed by atoms with Crippen molar-refractivity contribution in [1.29, 1.82) is 0 Å². The van der Waals surface area contributed by atoms with Gasteiger partial charge in [0.05, 0.1) is 12.2 Å². The summed E-state index contributed by atoms with van der Waals surface area (Å²) in [5.74, 6) is 2.94. The molecule has 0 unspecified atom stereocenters. The SMILES string of the molecule is CCCCCCCCCCOc1ccc(C(=O)Oc2ccc(CCC3CCC(CCCCC)CC3)cc2)cc1. The van der Waals surface area contributed by atoms with E-state index in [-0.39, 0.29) is 5.97 Å². The molecule has 1 aliphatic rings. The number of carbonyl (C=O) groups excluding carboxylic acids is 1. The van der Waals surface area contributed by atoms with Gasteiger partial charge >= 0.3 is 5.97 Å². The molecule has 1 aliphatic carbocycles. The lowest BCUT2D eigenvalue weighted by Gasteiger charge is -2.28. The molecule has 39 heavy (non-hydrogen) atoms. The molecule has 0 spiro atoms. The van der Waals surface area contributed by atoms with E-state index in [1.807, 2.05) is 24.3 Å². The quantitative estimate of drug-likeness (QED) is 0.102. The number of ether oxygens (including phenoxy) is 2. The number of aryl methyl sites for hydroxylation is 1. The first-order chi connectivity index (χ1) is 19.2. The van der Waals surface area contributed by atoms with Gasteiger partial charge in [0.15, 0.2) is 0 Å². The molecule has 0 N–H and O–H groups in total. The largest absolute Gasteiger partial charge is 0.494 e. The van der Waals surface area contributed by atoms with Crippen LogP contribution in [0.25, 0.3) is 0 Å². The fourth-order valence-corrected chi connectivity index (χ4v) is 5.87. The lowest BCUT2D eigenvalue weighted by Crippen LogP contribution is -2.15. The maximum Gasteiger partial charge on any atom is 0.343 e. The highest BCUT2D eigenvalue weighted by molar-refractivity contribution is 5.91. The van der Waals surface area contributed by atoms with Crippen LogP contribution in [0, 0.1) is 11.8 Å². The molecule has 2 aromatic rings. The van der Waals surface area contributed by atoms with Crippen molar-refractivity contribution >= 4 is 5.97 Å². The molecule has 0 aromatic heterocycles. The lowest BCUT2D eigenvalue weighted by atomic mass is 9.78. The van der Waals surface area contributed by atoms with Crippen molar-refractivity contribution in [2.45, 2.75) is 129 Å². The van der Waals surface area contributed by atoms with E-state index in [4.69, 9.17) is 9.47 Å². The maximum absolute atomic E-state index is 12.6. The molecular formula is C36H54O3. The van der Waals surface area contributed by atoms with Gasteiger partial charge in [0, 0.05) is 0 Å². The smallest absolute Gasteiger partial charge is 0.343 e. The first-order valence-corrected chi connectivity index (χ1v) is 16.2. The summed E-state index contributed by atoms with van der Waals surface area (Å²) in [5.41, 5.74) is 1.88. The molecule has 0 bridgehead atoms. The molecule has 3 rings (SSSR count). The average Bonchev–Trinajstić information content (AvgIpc) is 2.97. The molecule has 0 aliphatic heterocycles. The Morgan fingerprint density at radius 2 is 1.18 bits per heavy atom. The first-order valence-electron chi connectivity index (χ1n) is 16.2. The van der Waals surface area contributed by atoms with Crippen LogP contribution in [0.3, 0.4) is 0 Å². The number of hydrogen-bond acceptors (Lipinski definition) is 3. The first kappa shape index (κ1) is 31.2. The van der Waals surface area contributed by atoms with Crippen molar-refractivity contribution in [2.75, 3.05) is 6.61 Å². The van der Waals surface area contributed by atoms with E-state index in [1.54, 1.807) is 12.1 Å². The zero-order valence-corrected chi connectivity index (χ0v) is 24.9. The number of carbonyl (C=O) groups is 1. The van der Waals surface area contributed by atoms with E-state index in [2.05, 4.69) is 26.0 Å². The molecule has 0 radical (unpaired) electrons. The van der Waals surface area contributed by atoms with Crippen molar-refractivity contribution in [3.05, 3.63) is 59.7 Å². The number of rotatable bonds is 19. The summed E-state index contributed by atoms with van der Waals surface area (Å²) in [6, 6.07) is 15.4. The summed E-state index contributed by atoms with van der Waals surface area (Å²) in [4.78, 5) is 12.6. The average molecular weight is 535 g/mol. The van der Waals surface area contributed by atoms with Crippen LogP contribution in [-0.2, 0) is 6.42 Å². The van der Waals surface area contributed by atoms with E-state index >= 15 is 0 Å². The predicted molar refractivity (Wildman–Crippen MR) is 164 cm³/mol. The highest BCUT2D eigenvalue weighted by Crippen LogP contribution is 2.34. The van der Waals surface area contributed by atoms with Crippen molar-refractivity contribution in [3.63, 3.8) is 0 Å². The number of hydrogen-bond donors (Lipinski definition) is 0. The minimum atomic E-state index is -0.326. The summed E-state index contributed by atoms with van der Waals surface area (Å²) in [6.07, 6.45) is 23.9. The van der Waals surface area contributed by atoms with Crippen LogP contribution in [-0.4, -0.2) is 12.6 Å². The summed E-state index contributed by atoms with van der Waals surface area (Å²) < 4.78 is 11.5. The van der Waals surface area contributed by atoms with Crippen molar-refractivity contribution in [1.82, 2.24) is 0 Å². The van der Waals surface area contributed by atoms with E-state index in [0.29, 0.717) is 11.3 Å². The van der Waals surface area contributed by atoms with Gasteiger partial charge in [-0.3, -0.25) is 0 Å². The Bertz CT molecular complexity index is 894. The van der Waals surface area contributed by atoms with Gasteiger partial charge in [-0.1, -0.05) is 122 Å². The highest BCUT2D eigenvalue weighted by atomic mass is 16.5. The molecule has 216 valence electrons. The van der Waals surface area contributed by atoms with Crippen LogP contribution in [0.15, 0.2) is 48.5 Å². The van der Waals surface area contributed by atoms with Gasteiger partial charge in [-0.25, -0.2) is 4.79 Å². The zero-order valence-electron chi connectivity index (χ0n) is 24.9. The topological polar surface area (TPSA) is 35.5 Å². The summed E-state index contributed by atoms with van der Waals surface area (Å²) in [7, 11) is 0. The Balaban J connectivity index is 1.29. The van der Waals surface area contributed by atoms with Gasteiger partial charge in [0.2, 0.25) is 0 Å². The molecular weight excluding hydrogens is 480 g/mol. The van der Waals surface area contributed by atoms with E-state index in [1.165, 1.54) is 108 Å². The minimum absolute atomic E-state index is 0.326. The second-order valence-corrected chi connectivity index (χ2v) is 11.8. The Kier molecular flexibility index (Phi) is 15.1. The summed E-state index contributed by atoms with van der Waals surface area (Å²) >= 11 is 0. The van der Waals surface area contributed by atoms with Gasteiger partial charge in [0.1, 0.15) is 11.5 Å². The minimum Gasteiger partial charge on any atom is -0.494 e. The van der Waals surface area contributed by atoms with Crippen LogP contribution in [0.5, 0.6) is 11.5 Å². The van der Waals surface area contributed by atoms with Crippen molar-refractivity contribution in [2.24, 2.45) is 11.8 Å². The molecule has 3 heteroatoms. The van der Waals surface area contributed by atoms with Gasteiger partial charge in [-0.15, -0.1) is 0 Å². The Morgan fingerprint density at radius 1 is 0.641 bits per heavy atom. The summed E-state index contributed by atoms with van der Waals surface area (Å²) in [6.45, 7) is 5.28. The van der Waals surface area contributed by atoms with E-state index in [0.717, 1.165) is 37.0 Å². The molecule has 0 saturated heterocycles. The predicted octanol–water partition coefficient (Wildman–Crippen LogP) is 10.7. The van der Waals surface area contributed by atoms with E-state index in [9.17, 15) is 4.79 Å². The summed E-state index contributed by atoms with van der Waals surface area (Å²) in [5, 5.41) is 0. The van der Waals surface area contributed by atoms with Gasteiger partial charge in [-0.05, 0) is 73.1 Å². The third-order valence-corrected chi connectivity index (χ3v) is 8.51. The standard InChI is InChI=1S/C36H54O3/c1-3-5-7-8-9-10-11-13-29-38-34-27-23-33(24-28-34)36(37)39-35-25-21-32(22-26-35)20-19-31-17-15-30(16-18-31)14-12-6-4-2/h21-28,30-31H,3-20,29H2,1-2H3. The van der Waals surface area contributed by atoms with E-state index < -0.39 is 0 Å². The van der Waals surface area contributed by atoms with Gasteiger partial charge < -0.3 is 9.47 Å². The monoisotopic (exact) mass is 534 g/mol. The number of esters is 1. The van der Waals surface area contributed by atoms with Crippen LogP contribution in [0.2, 0.25) is 0 Å². The Morgan fingerprint density at radius 3 is 1.82 bits per heavy atom. The molecule has 2 aromatic carbocycles. The third-order valence-electron chi connectivity index (χ3n) is 8.51. The van der Waals surface area contributed by atoms with Crippen LogP contribution < -0.4 is 9.47 Å². The molecule has 0 atom stereocenters. The fourth-order valence-electron chi connectivity index (χ4n) is 5.87. The van der Waals surface area contributed by atoms with Gasteiger partial charge in [-0.2, -0.15) is 0 Å². The van der Waals surface area contributed by atoms with Crippen LogP contribution >= 0.6 is 0 Å². The molecule has 3 nitrogen and oxygen atoms in total. The van der Waals surface area contributed by atoms with Crippen LogP contribution in [0.4, 0.5) is 0 Å². The Labute approximate surface area is 239 Å². The van der Waals surface area contributed by atoms with Crippen LogP contribution in [0.1, 0.15) is 139 Å². The fraction of sp³-hybridized carbons (Fsp3) is 0.639. The zero-order chi connectivity index (χ0) is 27.5. The number of benzene rings is 2. The second-order valence-electron chi connectivity index (χ2n) is 11.8. The molecule has 0 amide bonds. The Hall–Kier alpha value is -2.29. The lowest BCUT2D eigenvalue weighted by molar-refractivity contribution is 0.0734. The molecule has 1 saturated carbocycles. The highest BCUT2D eigenvalue weighted by Gasteiger charge is 2.20. The van der Waals surface area contributed by atoms with Gasteiger partial charge in [0.25, 0.3) is 0 Å². The van der Waals surface area contributed by atoms with Crippen molar-refractivity contribution in [3.8, 4) is 11.5 Å². The molecule has 1 fully saturated rings. The normalized spacial score (nSPS) is 17.2. The third kappa shape index (κ3) is 12.6. The number of unbranched alkanes of at least 4 members (excludes halogenated alkanes) is 9.